The molecule has 6 nitrogen and oxygen atoms in total. The molecule has 3 aromatic carbocycles. The van der Waals surface area contributed by atoms with Crippen molar-refractivity contribution < 1.29 is 22.3 Å². The Hall–Kier alpha value is -2.68. The molecule has 3 fully saturated rings. The van der Waals surface area contributed by atoms with E-state index >= 15 is 0 Å². The van der Waals surface area contributed by atoms with Crippen LogP contribution in [0.25, 0.3) is 10.8 Å². The van der Waals surface area contributed by atoms with E-state index in [4.69, 9.17) is 16.3 Å². The molecule has 3 aromatic rings. The van der Waals surface area contributed by atoms with Crippen molar-refractivity contribution >= 4 is 38.3 Å². The van der Waals surface area contributed by atoms with E-state index < -0.39 is 32.6 Å². The summed E-state index contributed by atoms with van der Waals surface area (Å²) in [6, 6.07) is 17.4. The number of amides is 1. The highest BCUT2D eigenvalue weighted by atomic mass is 35.5. The third-order valence-electron chi connectivity index (χ3n) is 9.24. The van der Waals surface area contributed by atoms with E-state index in [1.165, 1.54) is 48.4 Å². The number of fused-ring (bicyclic) bond motifs is 1. The van der Waals surface area contributed by atoms with E-state index in [1.807, 2.05) is 4.72 Å². The van der Waals surface area contributed by atoms with Gasteiger partial charge in [-0.2, -0.15) is 0 Å². The number of carbonyl (C=O) groups is 1. The first-order chi connectivity index (χ1) is 19.7. The number of nitrogens with one attached hydrogen (secondary N) is 1. The summed E-state index contributed by atoms with van der Waals surface area (Å²) in [4.78, 5) is 14.9. The SMILES string of the molecule is O=C(NS(=O)(=O)C1CC1)c1cc(Cl)c(OCCC2CCC3(CCN(Cc4cccc5ccccc45)CC3)C2)cc1F. The fourth-order valence-corrected chi connectivity index (χ4v) is 8.19. The van der Waals surface area contributed by atoms with Gasteiger partial charge in [0.25, 0.3) is 5.91 Å². The van der Waals surface area contributed by atoms with Crippen LogP contribution in [0.3, 0.4) is 0 Å². The standard InChI is InChI=1S/C32H36ClFN2O4S/c33-28-18-27(31(37)35-41(38,39)25-8-9-25)29(34)19-30(28)40-17-11-22-10-12-32(20-22)13-15-36(16-14-32)21-24-6-3-5-23-4-1-2-7-26(23)24/h1-7,18-19,22,25H,8-17,20-21H2,(H,35,37). The van der Waals surface area contributed by atoms with Gasteiger partial charge in [-0.25, -0.2) is 17.5 Å². The van der Waals surface area contributed by atoms with Crippen LogP contribution in [-0.2, 0) is 16.6 Å². The van der Waals surface area contributed by atoms with Crippen molar-refractivity contribution in [2.75, 3.05) is 19.7 Å². The van der Waals surface area contributed by atoms with Crippen LogP contribution in [0.1, 0.15) is 67.3 Å². The second-order valence-electron chi connectivity index (χ2n) is 12.1. The number of hydrogen-bond acceptors (Lipinski definition) is 5. The number of carbonyl (C=O) groups excluding carboxylic acids is 1. The lowest BCUT2D eigenvalue weighted by atomic mass is 9.76. The maximum Gasteiger partial charge on any atom is 0.267 e. The molecule has 0 radical (unpaired) electrons. The summed E-state index contributed by atoms with van der Waals surface area (Å²) in [6.07, 6.45) is 7.90. The number of ether oxygens (including phenoxy) is 1. The van der Waals surface area contributed by atoms with E-state index in [1.54, 1.807) is 0 Å². The molecule has 1 spiro atoms. The topological polar surface area (TPSA) is 75.7 Å². The summed E-state index contributed by atoms with van der Waals surface area (Å²) in [5.41, 5.74) is 1.39. The molecule has 1 unspecified atom stereocenters. The number of hydrogen-bond donors (Lipinski definition) is 1. The van der Waals surface area contributed by atoms with Crippen LogP contribution < -0.4 is 9.46 Å². The summed E-state index contributed by atoms with van der Waals surface area (Å²) in [6.45, 7) is 3.63. The Bertz CT molecular complexity index is 1550. The lowest BCUT2D eigenvalue weighted by Crippen LogP contribution is -2.38. The highest BCUT2D eigenvalue weighted by Crippen LogP contribution is 2.50. The summed E-state index contributed by atoms with van der Waals surface area (Å²) < 4.78 is 46.5. The number of halogens is 2. The molecule has 218 valence electrons. The minimum Gasteiger partial charge on any atom is -0.492 e. The maximum absolute atomic E-state index is 14.7. The second kappa shape index (κ2) is 11.5. The first-order valence-corrected chi connectivity index (χ1v) is 16.5. The van der Waals surface area contributed by atoms with Crippen LogP contribution in [0.5, 0.6) is 5.75 Å². The molecule has 0 bridgehead atoms. The van der Waals surface area contributed by atoms with E-state index in [-0.39, 0.29) is 10.8 Å². The van der Waals surface area contributed by atoms with Gasteiger partial charge in [0, 0.05) is 12.6 Å². The summed E-state index contributed by atoms with van der Waals surface area (Å²) in [5.74, 6) is -1.15. The van der Waals surface area contributed by atoms with Crippen molar-refractivity contribution in [2.45, 2.75) is 63.2 Å². The number of benzene rings is 3. The van der Waals surface area contributed by atoms with Gasteiger partial charge >= 0.3 is 0 Å². The van der Waals surface area contributed by atoms with E-state index in [0.29, 0.717) is 30.8 Å². The predicted molar refractivity (Wildman–Crippen MR) is 159 cm³/mol. The van der Waals surface area contributed by atoms with Crippen molar-refractivity contribution in [3.05, 3.63) is 76.6 Å². The van der Waals surface area contributed by atoms with Crippen LogP contribution in [0, 0.1) is 17.2 Å². The fraction of sp³-hybridized carbons (Fsp3) is 0.469. The zero-order chi connectivity index (χ0) is 28.6. The van der Waals surface area contributed by atoms with Gasteiger partial charge in [0.15, 0.2) is 0 Å². The molecule has 6 rings (SSSR count). The zero-order valence-electron chi connectivity index (χ0n) is 23.1. The summed E-state index contributed by atoms with van der Waals surface area (Å²) >= 11 is 6.28. The Morgan fingerprint density at radius 2 is 1.80 bits per heavy atom. The van der Waals surface area contributed by atoms with Gasteiger partial charge in [-0.3, -0.25) is 9.69 Å². The van der Waals surface area contributed by atoms with Crippen LogP contribution in [0.15, 0.2) is 54.6 Å². The normalized spacial score (nSPS) is 20.9. The molecule has 1 saturated heterocycles. The average molecular weight is 599 g/mol. The lowest BCUT2D eigenvalue weighted by molar-refractivity contribution is 0.0977. The molecule has 9 heteroatoms. The van der Waals surface area contributed by atoms with Gasteiger partial charge in [0.2, 0.25) is 10.0 Å². The van der Waals surface area contributed by atoms with Gasteiger partial charge in [0.05, 0.1) is 22.4 Å². The van der Waals surface area contributed by atoms with E-state index in [0.717, 1.165) is 38.2 Å². The Kier molecular flexibility index (Phi) is 8.00. The van der Waals surface area contributed by atoms with Crippen molar-refractivity contribution in [2.24, 2.45) is 11.3 Å². The minimum atomic E-state index is -3.78. The molecule has 3 aliphatic rings. The first-order valence-electron chi connectivity index (χ1n) is 14.6. The van der Waals surface area contributed by atoms with Gasteiger partial charge in [-0.05, 0) is 98.2 Å². The molecule has 1 heterocycles. The number of likely N-dealkylation sites (tertiary alicyclic amines) is 1. The van der Waals surface area contributed by atoms with Crippen molar-refractivity contribution in [3.63, 3.8) is 0 Å². The molecule has 1 N–H and O–H groups in total. The molecule has 1 aliphatic heterocycles. The van der Waals surface area contributed by atoms with Gasteiger partial charge in [0.1, 0.15) is 11.6 Å². The Labute approximate surface area is 246 Å². The summed E-state index contributed by atoms with van der Waals surface area (Å²) in [5, 5.41) is 2.14. The van der Waals surface area contributed by atoms with E-state index in [2.05, 4.69) is 47.4 Å². The van der Waals surface area contributed by atoms with Crippen molar-refractivity contribution in [1.82, 2.24) is 9.62 Å². The smallest absolute Gasteiger partial charge is 0.267 e. The molecular formula is C32H36ClFN2O4S. The highest BCUT2D eigenvalue weighted by Gasteiger charge is 2.41. The predicted octanol–water partition coefficient (Wildman–Crippen LogP) is 6.71. The van der Waals surface area contributed by atoms with Gasteiger partial charge in [-0.1, -0.05) is 54.1 Å². The zero-order valence-corrected chi connectivity index (χ0v) is 24.7. The Morgan fingerprint density at radius 3 is 2.59 bits per heavy atom. The van der Waals surface area contributed by atoms with Crippen LogP contribution in [0.4, 0.5) is 4.39 Å². The van der Waals surface area contributed by atoms with Crippen LogP contribution in [-0.4, -0.2) is 44.2 Å². The molecule has 0 aromatic heterocycles. The molecule has 2 aliphatic carbocycles. The monoisotopic (exact) mass is 598 g/mol. The van der Waals surface area contributed by atoms with Crippen LogP contribution in [0.2, 0.25) is 5.02 Å². The fourth-order valence-electron chi connectivity index (χ4n) is 6.68. The Balaban J connectivity index is 0.978. The Morgan fingerprint density at radius 1 is 1.05 bits per heavy atom. The molecule has 41 heavy (non-hydrogen) atoms. The third-order valence-corrected chi connectivity index (χ3v) is 11.4. The first kappa shape index (κ1) is 28.4. The highest BCUT2D eigenvalue weighted by molar-refractivity contribution is 7.91. The molecule has 2 saturated carbocycles. The largest absolute Gasteiger partial charge is 0.492 e. The quantitative estimate of drug-likeness (QED) is 0.296. The van der Waals surface area contributed by atoms with Gasteiger partial charge in [-0.15, -0.1) is 0 Å². The van der Waals surface area contributed by atoms with E-state index in [9.17, 15) is 17.6 Å². The molecular weight excluding hydrogens is 563 g/mol. The average Bonchev–Trinajstić information content (AvgIpc) is 3.75. The van der Waals surface area contributed by atoms with Gasteiger partial charge < -0.3 is 4.74 Å². The van der Waals surface area contributed by atoms with Crippen molar-refractivity contribution in [1.29, 1.82) is 0 Å². The minimum absolute atomic E-state index is 0.0850. The molecule has 1 amide bonds. The second-order valence-corrected chi connectivity index (χ2v) is 14.5. The number of rotatable bonds is 9. The number of sulfonamides is 1. The molecule has 1 atom stereocenters. The van der Waals surface area contributed by atoms with Crippen molar-refractivity contribution in [3.8, 4) is 5.75 Å². The maximum atomic E-state index is 14.7. The van der Waals surface area contributed by atoms with Crippen LogP contribution >= 0.6 is 11.6 Å². The lowest BCUT2D eigenvalue weighted by Gasteiger charge is -2.40. The summed E-state index contributed by atoms with van der Waals surface area (Å²) in [7, 11) is -3.78. The third kappa shape index (κ3) is 6.40. The number of nitrogens with zero attached hydrogens (tertiary/aromatic N) is 1. The number of piperidine rings is 1.